The number of nitrogens with zero attached hydrogens (tertiary/aromatic N) is 3. The molecule has 35 heavy (non-hydrogen) atoms. The summed E-state index contributed by atoms with van der Waals surface area (Å²) >= 11 is 0. The third kappa shape index (κ3) is 4.55. The Morgan fingerprint density at radius 3 is 2.86 bits per heavy atom. The van der Waals surface area contributed by atoms with Crippen molar-refractivity contribution in [1.29, 1.82) is 0 Å². The zero-order valence-corrected chi connectivity index (χ0v) is 19.3. The van der Waals surface area contributed by atoms with Gasteiger partial charge in [-0.05, 0) is 49.9 Å². The first kappa shape index (κ1) is 22.8. The fourth-order valence-corrected chi connectivity index (χ4v) is 4.61. The zero-order valence-electron chi connectivity index (χ0n) is 19.3. The van der Waals surface area contributed by atoms with Crippen LogP contribution in [0.1, 0.15) is 31.2 Å². The Morgan fingerprint density at radius 1 is 1.14 bits per heavy atom. The maximum Gasteiger partial charge on any atom is 0.414 e. The van der Waals surface area contributed by atoms with Gasteiger partial charge in [-0.1, -0.05) is 6.42 Å². The highest BCUT2D eigenvalue weighted by Gasteiger charge is 2.32. The lowest BCUT2D eigenvalue weighted by atomic mass is 10.0. The van der Waals surface area contributed by atoms with Crippen molar-refractivity contribution >= 4 is 34.4 Å². The number of fused-ring (bicyclic) bond motifs is 2. The Labute approximate surface area is 200 Å². The lowest BCUT2D eigenvalue weighted by molar-refractivity contribution is -0.118. The molecule has 2 amide bonds. The van der Waals surface area contributed by atoms with Crippen LogP contribution in [0.25, 0.3) is 11.0 Å². The molecule has 0 radical (unpaired) electrons. The Morgan fingerprint density at radius 2 is 2.00 bits per heavy atom. The van der Waals surface area contributed by atoms with Crippen molar-refractivity contribution in [2.24, 2.45) is 7.05 Å². The number of aromatic nitrogens is 2. The number of hydrogen-bond acceptors (Lipinski definition) is 6. The molecule has 182 valence electrons. The molecule has 0 bridgehead atoms. The molecule has 10 heteroatoms. The number of rotatable bonds is 7. The molecule has 3 aromatic rings. The van der Waals surface area contributed by atoms with Crippen LogP contribution in [0.3, 0.4) is 0 Å². The van der Waals surface area contributed by atoms with Crippen LogP contribution >= 0.6 is 0 Å². The third-order valence-electron chi connectivity index (χ3n) is 6.42. The van der Waals surface area contributed by atoms with E-state index < -0.39 is 11.9 Å². The number of nitrogens with one attached hydrogen (secondary N) is 1. The van der Waals surface area contributed by atoms with Crippen molar-refractivity contribution in [3.8, 4) is 5.75 Å². The van der Waals surface area contributed by atoms with E-state index in [1.165, 1.54) is 16.8 Å². The summed E-state index contributed by atoms with van der Waals surface area (Å²) in [5.41, 5.74) is 2.58. The average molecular weight is 480 g/mol. The fourth-order valence-electron chi connectivity index (χ4n) is 4.61. The van der Waals surface area contributed by atoms with Gasteiger partial charge in [-0.2, -0.15) is 0 Å². The normalized spacial score (nSPS) is 17.2. The predicted molar refractivity (Wildman–Crippen MR) is 127 cm³/mol. The van der Waals surface area contributed by atoms with E-state index in [1.54, 1.807) is 36.2 Å². The number of aryl methyl sites for hydroxylation is 2. The van der Waals surface area contributed by atoms with E-state index in [2.05, 4.69) is 10.3 Å². The maximum absolute atomic E-state index is 14.5. The molecule has 1 aromatic carbocycles. The van der Waals surface area contributed by atoms with E-state index in [4.69, 9.17) is 9.47 Å². The second-order valence-corrected chi connectivity index (χ2v) is 8.78. The Bertz CT molecular complexity index is 1370. The molecule has 9 nitrogen and oxygen atoms in total. The van der Waals surface area contributed by atoms with E-state index in [-0.39, 0.29) is 24.2 Å². The van der Waals surface area contributed by atoms with Crippen molar-refractivity contribution in [3.63, 3.8) is 0 Å². The van der Waals surface area contributed by atoms with Gasteiger partial charge in [0.05, 0.1) is 29.5 Å². The summed E-state index contributed by atoms with van der Waals surface area (Å²) in [6.07, 6.45) is 4.06. The Balaban J connectivity index is 1.15. The molecule has 0 saturated carbocycles. The van der Waals surface area contributed by atoms with Gasteiger partial charge in [-0.25, -0.2) is 9.18 Å². The molecular formula is C25H25FN4O5. The van der Waals surface area contributed by atoms with E-state index in [0.717, 1.165) is 19.3 Å². The lowest BCUT2D eigenvalue weighted by Crippen LogP contribution is -2.27. The molecule has 2 aromatic heterocycles. The van der Waals surface area contributed by atoms with Crippen LogP contribution in [0.15, 0.2) is 41.3 Å². The van der Waals surface area contributed by atoms with Crippen molar-refractivity contribution in [1.82, 2.24) is 9.55 Å². The van der Waals surface area contributed by atoms with Gasteiger partial charge in [0.2, 0.25) is 0 Å². The highest BCUT2D eigenvalue weighted by molar-refractivity contribution is 5.97. The zero-order chi connectivity index (χ0) is 24.5. The summed E-state index contributed by atoms with van der Waals surface area (Å²) in [5.74, 6) is -0.0833. The Hall–Kier alpha value is -3.95. The van der Waals surface area contributed by atoms with Crippen LogP contribution in [-0.4, -0.2) is 40.8 Å². The molecule has 4 heterocycles. The molecule has 0 spiro atoms. The number of benzene rings is 1. The van der Waals surface area contributed by atoms with Gasteiger partial charge in [-0.3, -0.25) is 19.5 Å². The monoisotopic (exact) mass is 480 g/mol. The van der Waals surface area contributed by atoms with Gasteiger partial charge >= 0.3 is 6.09 Å². The van der Waals surface area contributed by atoms with Crippen LogP contribution < -0.4 is 20.5 Å². The molecule has 2 aliphatic heterocycles. The summed E-state index contributed by atoms with van der Waals surface area (Å²) < 4.78 is 26.8. The van der Waals surface area contributed by atoms with E-state index in [9.17, 15) is 18.8 Å². The molecule has 1 fully saturated rings. The van der Waals surface area contributed by atoms with Crippen molar-refractivity contribution < 1.29 is 23.5 Å². The predicted octanol–water partition coefficient (Wildman–Crippen LogP) is 3.53. The number of cyclic esters (lactones) is 1. The quantitative estimate of drug-likeness (QED) is 0.519. The van der Waals surface area contributed by atoms with Gasteiger partial charge < -0.3 is 19.4 Å². The molecule has 1 N–H and O–H groups in total. The molecule has 1 atom stereocenters. The minimum absolute atomic E-state index is 0.0255. The van der Waals surface area contributed by atoms with Crippen LogP contribution in [0, 0.1) is 5.82 Å². The van der Waals surface area contributed by atoms with E-state index in [0.29, 0.717) is 53.1 Å². The second kappa shape index (κ2) is 9.36. The third-order valence-corrected chi connectivity index (χ3v) is 6.42. The van der Waals surface area contributed by atoms with E-state index >= 15 is 0 Å². The lowest BCUT2D eigenvalue weighted by Gasteiger charge is -2.20. The SMILES string of the molecule is Cn1c(=O)ccc2ncc(F)c(CCCCC[C@H]3CN(c4ccc5c(c4)NC(=O)CO5)C(=O)O3)c21. The number of hydrogen-bond donors (Lipinski definition) is 1. The summed E-state index contributed by atoms with van der Waals surface area (Å²) in [6.45, 7) is 0.389. The highest BCUT2D eigenvalue weighted by atomic mass is 19.1. The summed E-state index contributed by atoms with van der Waals surface area (Å²) in [6, 6.07) is 8.24. The first-order chi connectivity index (χ1) is 16.9. The topological polar surface area (TPSA) is 103 Å². The number of halogens is 1. The summed E-state index contributed by atoms with van der Waals surface area (Å²) in [4.78, 5) is 41.6. The molecule has 1 saturated heterocycles. The average Bonchev–Trinajstić information content (AvgIpc) is 3.22. The van der Waals surface area contributed by atoms with Crippen LogP contribution in [0.2, 0.25) is 0 Å². The largest absolute Gasteiger partial charge is 0.482 e. The van der Waals surface area contributed by atoms with Gasteiger partial charge in [0, 0.05) is 24.4 Å². The number of ether oxygens (including phenoxy) is 2. The van der Waals surface area contributed by atoms with Crippen molar-refractivity contribution in [2.75, 3.05) is 23.4 Å². The second-order valence-electron chi connectivity index (χ2n) is 8.78. The number of anilines is 2. The van der Waals surface area contributed by atoms with Crippen LogP contribution in [0.5, 0.6) is 5.75 Å². The van der Waals surface area contributed by atoms with Crippen molar-refractivity contribution in [2.45, 2.75) is 38.2 Å². The molecule has 0 unspecified atom stereocenters. The van der Waals surface area contributed by atoms with Gasteiger partial charge in [0.15, 0.2) is 6.61 Å². The highest BCUT2D eigenvalue weighted by Crippen LogP contribution is 2.34. The standard InChI is InChI=1S/C25H25FN4O5/c1-29-23(32)10-8-19-24(29)17(18(26)12-27-19)6-4-2-3-5-16-13-30(25(33)35-16)15-7-9-21-20(11-15)28-22(31)14-34-21/h7-12,16H,2-6,13-14H2,1H3,(H,28,31)/t16-/m0/s1. The molecule has 2 aliphatic rings. The van der Waals surface area contributed by atoms with Crippen LogP contribution in [0.4, 0.5) is 20.6 Å². The molecule has 0 aliphatic carbocycles. The number of amides is 2. The fraction of sp³-hybridized carbons (Fsp3) is 0.360. The van der Waals surface area contributed by atoms with Gasteiger partial charge in [0.1, 0.15) is 17.7 Å². The smallest absolute Gasteiger partial charge is 0.414 e. The number of pyridine rings is 2. The number of unbranched alkanes of at least 4 members (excludes halogenated alkanes) is 2. The molecule has 5 rings (SSSR count). The van der Waals surface area contributed by atoms with Gasteiger partial charge in [0.25, 0.3) is 11.5 Å². The molecular weight excluding hydrogens is 455 g/mol. The first-order valence-electron chi connectivity index (χ1n) is 11.6. The minimum Gasteiger partial charge on any atom is -0.482 e. The maximum atomic E-state index is 14.5. The van der Waals surface area contributed by atoms with Crippen molar-refractivity contribution in [3.05, 3.63) is 58.3 Å². The van der Waals surface area contributed by atoms with Crippen LogP contribution in [-0.2, 0) is 23.0 Å². The summed E-state index contributed by atoms with van der Waals surface area (Å²) in [5, 5.41) is 2.74. The summed E-state index contributed by atoms with van der Waals surface area (Å²) in [7, 11) is 1.62. The van der Waals surface area contributed by atoms with Gasteiger partial charge in [-0.15, -0.1) is 0 Å². The number of carbonyl (C=O) groups excluding carboxylic acids is 2. The number of carbonyl (C=O) groups is 2. The Kier molecular flexibility index (Phi) is 6.10. The minimum atomic E-state index is -0.427. The van der Waals surface area contributed by atoms with E-state index in [1.807, 2.05) is 0 Å². The first-order valence-corrected chi connectivity index (χ1v) is 11.6.